The molecule has 1 saturated heterocycles. The number of aliphatic hydroxyl groups excluding tert-OH is 1. The van der Waals surface area contributed by atoms with E-state index in [4.69, 9.17) is 23.2 Å². The van der Waals surface area contributed by atoms with Crippen LogP contribution in [0.3, 0.4) is 0 Å². The molecule has 1 aromatic rings. The minimum atomic E-state index is -3.79. The standard InChI is InChI=1S/C13H16BrCl2NO3S/c1-8-2-3-9(7-18)6-17(8)21(19,20)13-11(15)4-10(14)5-12(13)16/h4-5,8-9,18H,2-3,6-7H2,1H3/t8-,9+/m1/s1. The topological polar surface area (TPSA) is 57.6 Å². The first-order chi connectivity index (χ1) is 9.77. The van der Waals surface area contributed by atoms with Crippen molar-refractivity contribution < 1.29 is 13.5 Å². The molecule has 118 valence electrons. The van der Waals surface area contributed by atoms with Gasteiger partial charge in [0.05, 0.1) is 10.0 Å². The van der Waals surface area contributed by atoms with Crippen LogP contribution in [0.2, 0.25) is 10.0 Å². The monoisotopic (exact) mass is 415 g/mol. The molecule has 1 heterocycles. The predicted octanol–water partition coefficient (Wildman–Crippen LogP) is 3.54. The number of hydrogen-bond acceptors (Lipinski definition) is 3. The second kappa shape index (κ2) is 6.72. The van der Waals surface area contributed by atoms with Crippen molar-refractivity contribution in [2.75, 3.05) is 13.2 Å². The lowest BCUT2D eigenvalue weighted by molar-refractivity contribution is 0.139. The average molecular weight is 417 g/mol. The summed E-state index contributed by atoms with van der Waals surface area (Å²) in [6, 6.07) is 2.88. The predicted molar refractivity (Wildman–Crippen MR) is 87.3 cm³/mol. The third kappa shape index (κ3) is 3.57. The second-order valence-corrected chi connectivity index (χ2v) is 8.81. The van der Waals surface area contributed by atoms with Crippen molar-refractivity contribution in [3.8, 4) is 0 Å². The Balaban J connectivity index is 2.46. The van der Waals surface area contributed by atoms with Crippen molar-refractivity contribution >= 4 is 49.2 Å². The van der Waals surface area contributed by atoms with Crippen LogP contribution in [0.15, 0.2) is 21.5 Å². The highest BCUT2D eigenvalue weighted by molar-refractivity contribution is 9.10. The van der Waals surface area contributed by atoms with Crippen LogP contribution in [0.5, 0.6) is 0 Å². The molecular formula is C13H16BrCl2NO3S. The van der Waals surface area contributed by atoms with Crippen LogP contribution in [0.1, 0.15) is 19.8 Å². The first-order valence-electron chi connectivity index (χ1n) is 6.54. The summed E-state index contributed by atoms with van der Waals surface area (Å²) < 4.78 is 27.8. The number of sulfonamides is 1. The molecule has 1 fully saturated rings. The number of benzene rings is 1. The van der Waals surface area contributed by atoms with E-state index in [2.05, 4.69) is 15.9 Å². The van der Waals surface area contributed by atoms with Crippen LogP contribution in [-0.2, 0) is 10.0 Å². The molecule has 21 heavy (non-hydrogen) atoms. The minimum Gasteiger partial charge on any atom is -0.396 e. The van der Waals surface area contributed by atoms with Gasteiger partial charge in [0.25, 0.3) is 0 Å². The first kappa shape index (κ1) is 17.5. The van der Waals surface area contributed by atoms with Crippen LogP contribution in [0, 0.1) is 5.92 Å². The zero-order chi connectivity index (χ0) is 15.8. The number of piperidine rings is 1. The highest BCUT2D eigenvalue weighted by atomic mass is 79.9. The van der Waals surface area contributed by atoms with E-state index in [0.717, 1.165) is 6.42 Å². The Hall–Kier alpha value is 0.150. The van der Waals surface area contributed by atoms with Gasteiger partial charge in [-0.1, -0.05) is 39.1 Å². The van der Waals surface area contributed by atoms with E-state index >= 15 is 0 Å². The van der Waals surface area contributed by atoms with Gasteiger partial charge in [-0.25, -0.2) is 8.42 Å². The average Bonchev–Trinajstić information content (AvgIpc) is 2.37. The summed E-state index contributed by atoms with van der Waals surface area (Å²) in [5.41, 5.74) is 0. The maximum absolute atomic E-state index is 12.9. The molecule has 0 amide bonds. The Kier molecular flexibility index (Phi) is 5.60. The van der Waals surface area contributed by atoms with E-state index in [1.807, 2.05) is 6.92 Å². The molecule has 0 saturated carbocycles. The fourth-order valence-electron chi connectivity index (χ4n) is 2.52. The quantitative estimate of drug-likeness (QED) is 0.819. The van der Waals surface area contributed by atoms with Gasteiger partial charge in [0, 0.05) is 23.7 Å². The summed E-state index contributed by atoms with van der Waals surface area (Å²) >= 11 is 15.4. The van der Waals surface area contributed by atoms with E-state index in [0.29, 0.717) is 10.9 Å². The maximum Gasteiger partial charge on any atom is 0.246 e. The molecule has 4 nitrogen and oxygen atoms in total. The van der Waals surface area contributed by atoms with Gasteiger partial charge in [-0.15, -0.1) is 0 Å². The zero-order valence-corrected chi connectivity index (χ0v) is 15.3. The summed E-state index contributed by atoms with van der Waals surface area (Å²) in [7, 11) is -3.79. The van der Waals surface area contributed by atoms with Gasteiger partial charge >= 0.3 is 0 Å². The summed E-state index contributed by atoms with van der Waals surface area (Å²) in [5, 5.41) is 9.48. The summed E-state index contributed by atoms with van der Waals surface area (Å²) in [5.74, 6) is -0.0519. The molecule has 1 N–H and O–H groups in total. The molecule has 0 aromatic heterocycles. The molecule has 1 aromatic carbocycles. The Morgan fingerprint density at radius 2 is 1.90 bits per heavy atom. The van der Waals surface area contributed by atoms with E-state index < -0.39 is 10.0 Å². The van der Waals surface area contributed by atoms with Gasteiger partial charge < -0.3 is 5.11 Å². The van der Waals surface area contributed by atoms with Crippen molar-refractivity contribution in [3.63, 3.8) is 0 Å². The molecule has 2 atom stereocenters. The van der Waals surface area contributed by atoms with Gasteiger partial charge in [0.15, 0.2) is 0 Å². The lowest BCUT2D eigenvalue weighted by Gasteiger charge is -2.36. The fourth-order valence-corrected chi connectivity index (χ4v) is 6.15. The zero-order valence-electron chi connectivity index (χ0n) is 11.4. The molecule has 8 heteroatoms. The normalized spacial score (nSPS) is 24.2. The molecule has 0 aliphatic carbocycles. The third-order valence-electron chi connectivity index (χ3n) is 3.71. The number of aliphatic hydroxyl groups is 1. The van der Waals surface area contributed by atoms with E-state index in [1.165, 1.54) is 16.4 Å². The minimum absolute atomic E-state index is 0.0272. The van der Waals surface area contributed by atoms with Crippen LogP contribution in [-0.4, -0.2) is 37.0 Å². The Bertz CT molecular complexity index is 615. The number of nitrogens with zero attached hydrogens (tertiary/aromatic N) is 1. The third-order valence-corrected chi connectivity index (χ3v) is 7.07. The molecule has 1 aliphatic rings. The Morgan fingerprint density at radius 1 is 1.33 bits per heavy atom. The van der Waals surface area contributed by atoms with E-state index in [1.54, 1.807) is 0 Å². The first-order valence-corrected chi connectivity index (χ1v) is 9.53. The van der Waals surface area contributed by atoms with Crippen molar-refractivity contribution in [1.82, 2.24) is 4.31 Å². The molecule has 1 aliphatic heterocycles. The lowest BCUT2D eigenvalue weighted by Crippen LogP contribution is -2.46. The Morgan fingerprint density at radius 3 is 2.43 bits per heavy atom. The molecular weight excluding hydrogens is 401 g/mol. The summed E-state index contributed by atoms with van der Waals surface area (Å²) in [4.78, 5) is -0.0699. The van der Waals surface area contributed by atoms with Gasteiger partial charge in [0.1, 0.15) is 4.90 Å². The lowest BCUT2D eigenvalue weighted by atomic mass is 9.96. The molecule has 0 bridgehead atoms. The van der Waals surface area contributed by atoms with Crippen LogP contribution >= 0.6 is 39.1 Å². The van der Waals surface area contributed by atoms with E-state index in [-0.39, 0.29) is 40.1 Å². The summed E-state index contributed by atoms with van der Waals surface area (Å²) in [6.07, 6.45) is 1.52. The number of hydrogen-bond donors (Lipinski definition) is 1. The number of rotatable bonds is 3. The maximum atomic E-state index is 12.9. The van der Waals surface area contributed by atoms with Crippen molar-refractivity contribution in [3.05, 3.63) is 26.7 Å². The van der Waals surface area contributed by atoms with Crippen molar-refractivity contribution in [1.29, 1.82) is 0 Å². The number of halogens is 3. The van der Waals surface area contributed by atoms with E-state index in [9.17, 15) is 13.5 Å². The molecule has 0 spiro atoms. The summed E-state index contributed by atoms with van der Waals surface area (Å²) in [6.45, 7) is 2.11. The van der Waals surface area contributed by atoms with Crippen molar-refractivity contribution in [2.45, 2.75) is 30.7 Å². The second-order valence-electron chi connectivity index (χ2n) is 5.25. The van der Waals surface area contributed by atoms with Crippen molar-refractivity contribution in [2.24, 2.45) is 5.92 Å². The smallest absolute Gasteiger partial charge is 0.246 e. The van der Waals surface area contributed by atoms with Gasteiger partial charge in [0.2, 0.25) is 10.0 Å². The highest BCUT2D eigenvalue weighted by Gasteiger charge is 2.37. The van der Waals surface area contributed by atoms with Crippen LogP contribution < -0.4 is 0 Å². The van der Waals surface area contributed by atoms with Crippen LogP contribution in [0.25, 0.3) is 0 Å². The van der Waals surface area contributed by atoms with Gasteiger partial charge in [-0.3, -0.25) is 0 Å². The molecule has 0 unspecified atom stereocenters. The highest BCUT2D eigenvalue weighted by Crippen LogP contribution is 2.37. The SMILES string of the molecule is C[C@@H]1CC[C@H](CO)CN1S(=O)(=O)c1c(Cl)cc(Br)cc1Cl. The van der Waals surface area contributed by atoms with Crippen LogP contribution in [0.4, 0.5) is 0 Å². The molecule has 0 radical (unpaired) electrons. The fraction of sp³-hybridized carbons (Fsp3) is 0.538. The largest absolute Gasteiger partial charge is 0.396 e. The molecule has 2 rings (SSSR count). The van der Waals surface area contributed by atoms with Gasteiger partial charge in [-0.2, -0.15) is 4.31 Å². The van der Waals surface area contributed by atoms with Gasteiger partial charge in [-0.05, 0) is 37.8 Å². The Labute approximate surface area is 143 Å².